The van der Waals surface area contributed by atoms with Crippen LogP contribution >= 0.6 is 23.4 Å². The summed E-state index contributed by atoms with van der Waals surface area (Å²) in [4.78, 5) is 24.7. The molecule has 152 valence electrons. The fourth-order valence-electron chi connectivity index (χ4n) is 2.74. The van der Waals surface area contributed by atoms with Crippen molar-refractivity contribution in [3.8, 4) is 5.75 Å². The van der Waals surface area contributed by atoms with Gasteiger partial charge in [-0.2, -0.15) is 11.8 Å². The van der Waals surface area contributed by atoms with Crippen LogP contribution in [-0.4, -0.2) is 29.9 Å². The second-order valence-corrected chi connectivity index (χ2v) is 8.21. The van der Waals surface area contributed by atoms with E-state index < -0.39 is 0 Å². The van der Waals surface area contributed by atoms with Crippen LogP contribution in [0.25, 0.3) is 6.08 Å². The van der Waals surface area contributed by atoms with E-state index in [2.05, 4.69) is 17.6 Å². The third kappa shape index (κ3) is 6.02. The monoisotopic (exact) mass is 430 g/mol. The first-order chi connectivity index (χ1) is 14.1. The summed E-state index contributed by atoms with van der Waals surface area (Å²) >= 11 is 7.78. The molecule has 0 saturated carbocycles. The quantitative estimate of drug-likeness (QED) is 0.458. The maximum atomic E-state index is 12.4. The maximum Gasteiger partial charge on any atom is 0.291 e. The lowest BCUT2D eigenvalue weighted by Gasteiger charge is -2.20. The number of fused-ring (bicyclic) bond motifs is 1. The minimum absolute atomic E-state index is 0.162. The summed E-state index contributed by atoms with van der Waals surface area (Å²) < 4.78 is 5.73. The molecule has 1 aliphatic heterocycles. The molecule has 2 amide bonds. The van der Waals surface area contributed by atoms with Crippen molar-refractivity contribution in [2.75, 3.05) is 23.4 Å². The molecule has 1 aliphatic rings. The number of hydrogen-bond acceptors (Lipinski definition) is 4. The molecular weight excluding hydrogens is 408 g/mol. The van der Waals surface area contributed by atoms with Gasteiger partial charge in [-0.05, 0) is 66.3 Å². The van der Waals surface area contributed by atoms with Crippen molar-refractivity contribution in [1.82, 2.24) is 5.32 Å². The first-order valence-corrected chi connectivity index (χ1v) is 11.1. The number of benzene rings is 2. The molecule has 0 fully saturated rings. The van der Waals surface area contributed by atoms with Gasteiger partial charge in [0, 0.05) is 17.1 Å². The van der Waals surface area contributed by atoms with Crippen molar-refractivity contribution in [1.29, 1.82) is 0 Å². The number of halogens is 1. The molecule has 2 aromatic carbocycles. The zero-order valence-corrected chi connectivity index (χ0v) is 17.7. The van der Waals surface area contributed by atoms with Gasteiger partial charge < -0.3 is 15.4 Å². The predicted molar refractivity (Wildman–Crippen MR) is 120 cm³/mol. The Morgan fingerprint density at radius 1 is 1.21 bits per heavy atom. The normalized spacial score (nSPS) is 14.1. The lowest BCUT2D eigenvalue weighted by molar-refractivity contribution is -0.115. The number of rotatable bonds is 8. The van der Waals surface area contributed by atoms with E-state index in [1.807, 2.05) is 11.8 Å². The first-order valence-electron chi connectivity index (χ1n) is 9.53. The fraction of sp³-hybridized carbons (Fsp3) is 0.273. The highest BCUT2D eigenvalue weighted by Crippen LogP contribution is 2.32. The van der Waals surface area contributed by atoms with Crippen LogP contribution in [0.2, 0.25) is 5.02 Å². The van der Waals surface area contributed by atoms with Gasteiger partial charge in [-0.25, -0.2) is 0 Å². The predicted octanol–water partition coefficient (Wildman–Crippen LogP) is 4.98. The van der Waals surface area contributed by atoms with Crippen LogP contribution in [0.15, 0.2) is 48.2 Å². The Morgan fingerprint density at radius 2 is 2.00 bits per heavy atom. The second kappa shape index (κ2) is 10.4. The molecule has 7 heteroatoms. The van der Waals surface area contributed by atoms with Crippen molar-refractivity contribution >= 4 is 46.9 Å². The number of thioether (sulfide) groups is 1. The first kappa shape index (κ1) is 21.3. The summed E-state index contributed by atoms with van der Waals surface area (Å²) in [6.07, 6.45) is 3.74. The zero-order valence-electron chi connectivity index (χ0n) is 16.2. The van der Waals surface area contributed by atoms with Crippen LogP contribution in [0, 0.1) is 0 Å². The number of carbonyl (C=O) groups excluding carboxylic acids is 2. The van der Waals surface area contributed by atoms with E-state index in [4.69, 9.17) is 16.3 Å². The van der Waals surface area contributed by atoms with Crippen molar-refractivity contribution in [2.45, 2.75) is 19.8 Å². The second-order valence-electron chi connectivity index (χ2n) is 6.55. The molecule has 0 unspecified atom stereocenters. The molecule has 29 heavy (non-hydrogen) atoms. The molecule has 1 heterocycles. The molecule has 0 saturated heterocycles. The Hall–Kier alpha value is -2.44. The number of carbonyl (C=O) groups is 2. The minimum atomic E-state index is -0.363. The van der Waals surface area contributed by atoms with Crippen LogP contribution in [-0.2, 0) is 4.79 Å². The summed E-state index contributed by atoms with van der Waals surface area (Å²) in [5, 5.41) is 6.32. The van der Waals surface area contributed by atoms with E-state index in [1.165, 1.54) is 0 Å². The summed E-state index contributed by atoms with van der Waals surface area (Å²) in [7, 11) is 0. The number of amides is 2. The third-order valence-electron chi connectivity index (χ3n) is 4.20. The van der Waals surface area contributed by atoms with E-state index in [-0.39, 0.29) is 17.6 Å². The highest BCUT2D eigenvalue weighted by molar-refractivity contribution is 7.99. The van der Waals surface area contributed by atoms with Gasteiger partial charge in [-0.3, -0.25) is 9.59 Å². The Balaban J connectivity index is 1.62. The summed E-state index contributed by atoms with van der Waals surface area (Å²) in [5.74, 6) is 2.33. The number of nitrogens with one attached hydrogen (secondary N) is 2. The van der Waals surface area contributed by atoms with Crippen LogP contribution < -0.4 is 15.4 Å². The molecular formula is C22H23ClN2O3S. The van der Waals surface area contributed by atoms with Crippen LogP contribution in [0.5, 0.6) is 5.75 Å². The highest BCUT2D eigenvalue weighted by atomic mass is 35.5. The largest absolute Gasteiger partial charge is 0.449 e. The zero-order chi connectivity index (χ0) is 20.6. The number of anilines is 1. The Morgan fingerprint density at radius 3 is 2.76 bits per heavy atom. The van der Waals surface area contributed by atoms with Gasteiger partial charge >= 0.3 is 0 Å². The number of hydrogen-bond donors (Lipinski definition) is 2. The standard InChI is InChI=1S/C22H23ClN2O3S/c1-2-11-29-12-3-10-24-21(26)16-6-9-19-18(14-16)25-22(27)20(28-19)13-15-4-7-17(23)8-5-15/h4-9,13-14H,2-3,10-12H2,1H3,(H,24,26)(H,25,27). The molecule has 0 aliphatic carbocycles. The fourth-order valence-corrected chi connectivity index (χ4v) is 3.70. The van der Waals surface area contributed by atoms with E-state index in [0.29, 0.717) is 28.6 Å². The van der Waals surface area contributed by atoms with E-state index in [0.717, 1.165) is 29.9 Å². The van der Waals surface area contributed by atoms with E-state index in [9.17, 15) is 9.59 Å². The average Bonchev–Trinajstić information content (AvgIpc) is 2.72. The Kier molecular flexibility index (Phi) is 7.61. The lowest BCUT2D eigenvalue weighted by Crippen LogP contribution is -2.26. The van der Waals surface area contributed by atoms with Crippen molar-refractivity contribution in [3.63, 3.8) is 0 Å². The van der Waals surface area contributed by atoms with Gasteiger partial charge in [0.05, 0.1) is 5.69 Å². The van der Waals surface area contributed by atoms with Gasteiger partial charge in [-0.15, -0.1) is 0 Å². The van der Waals surface area contributed by atoms with Gasteiger partial charge in [0.25, 0.3) is 11.8 Å². The molecule has 0 bridgehead atoms. The summed E-state index contributed by atoms with van der Waals surface area (Å²) in [6, 6.07) is 12.1. The third-order valence-corrected chi connectivity index (χ3v) is 5.73. The Bertz CT molecular complexity index is 913. The summed E-state index contributed by atoms with van der Waals surface area (Å²) in [6.45, 7) is 2.78. The maximum absolute atomic E-state index is 12.4. The van der Waals surface area contributed by atoms with Crippen LogP contribution in [0.1, 0.15) is 35.7 Å². The highest BCUT2D eigenvalue weighted by Gasteiger charge is 2.23. The van der Waals surface area contributed by atoms with Crippen molar-refractivity contribution in [3.05, 3.63) is 64.4 Å². The molecule has 5 nitrogen and oxygen atoms in total. The molecule has 2 aromatic rings. The molecule has 0 aromatic heterocycles. The SMILES string of the molecule is CCCSCCCNC(=O)c1ccc2c(c1)NC(=O)C(=Cc1ccc(Cl)cc1)O2. The smallest absolute Gasteiger partial charge is 0.291 e. The topological polar surface area (TPSA) is 67.4 Å². The molecule has 2 N–H and O–H groups in total. The van der Waals surface area contributed by atoms with Crippen molar-refractivity contribution in [2.24, 2.45) is 0 Å². The van der Waals surface area contributed by atoms with Gasteiger partial charge in [0.1, 0.15) is 0 Å². The van der Waals surface area contributed by atoms with Crippen LogP contribution in [0.4, 0.5) is 5.69 Å². The molecule has 0 spiro atoms. The van der Waals surface area contributed by atoms with E-state index in [1.54, 1.807) is 48.5 Å². The van der Waals surface area contributed by atoms with Crippen molar-refractivity contribution < 1.29 is 14.3 Å². The molecule has 0 atom stereocenters. The summed E-state index contributed by atoms with van der Waals surface area (Å²) in [5.41, 5.74) is 1.77. The van der Waals surface area contributed by atoms with E-state index >= 15 is 0 Å². The molecule has 3 rings (SSSR count). The van der Waals surface area contributed by atoms with Gasteiger partial charge in [0.2, 0.25) is 0 Å². The number of ether oxygens (including phenoxy) is 1. The molecule has 0 radical (unpaired) electrons. The Labute approximate surface area is 179 Å². The minimum Gasteiger partial charge on any atom is -0.449 e. The van der Waals surface area contributed by atoms with Gasteiger partial charge in [-0.1, -0.05) is 30.7 Å². The van der Waals surface area contributed by atoms with Crippen LogP contribution in [0.3, 0.4) is 0 Å². The van der Waals surface area contributed by atoms with Gasteiger partial charge in [0.15, 0.2) is 11.5 Å². The lowest BCUT2D eigenvalue weighted by atomic mass is 10.1. The average molecular weight is 431 g/mol.